The first-order valence-corrected chi connectivity index (χ1v) is 9.87. The van der Waals surface area contributed by atoms with Gasteiger partial charge in [0.15, 0.2) is 28.6 Å². The topological polar surface area (TPSA) is 80.9 Å². The van der Waals surface area contributed by atoms with E-state index in [0.717, 1.165) is 43.6 Å². The van der Waals surface area contributed by atoms with Gasteiger partial charge < -0.3 is 4.98 Å². The highest BCUT2D eigenvalue weighted by Crippen LogP contribution is 2.33. The standard InChI is InChI=1S/C20H20F2N6O/c1-2-27-19(29)16-18(25-17(24-16)12-5-3-4-6-12)28-20(27)23-15(26-28)10-11-7-8-13(21)14(22)9-11/h7-9,12H,2-6,10H2,1H3,(H,24,25). The molecule has 1 aromatic carbocycles. The molecule has 5 rings (SSSR count). The van der Waals surface area contributed by atoms with Crippen molar-refractivity contribution < 1.29 is 8.78 Å². The molecule has 1 N–H and O–H groups in total. The summed E-state index contributed by atoms with van der Waals surface area (Å²) in [5, 5.41) is 4.53. The molecule has 0 amide bonds. The van der Waals surface area contributed by atoms with Gasteiger partial charge in [0.2, 0.25) is 5.78 Å². The molecule has 7 nitrogen and oxygen atoms in total. The number of hydrogen-bond donors (Lipinski definition) is 1. The number of halogens is 2. The molecule has 1 fully saturated rings. The predicted octanol–water partition coefficient (Wildman–Crippen LogP) is 3.31. The number of imidazole rings is 1. The van der Waals surface area contributed by atoms with E-state index in [1.165, 1.54) is 6.07 Å². The van der Waals surface area contributed by atoms with Crippen molar-refractivity contribution in [2.75, 3.05) is 0 Å². The number of hydrogen-bond acceptors (Lipinski definition) is 4. The number of benzene rings is 1. The lowest BCUT2D eigenvalue weighted by Gasteiger charge is -2.02. The van der Waals surface area contributed by atoms with Crippen molar-refractivity contribution in [1.82, 2.24) is 29.1 Å². The number of aryl methyl sites for hydroxylation is 1. The second-order valence-electron chi connectivity index (χ2n) is 7.52. The van der Waals surface area contributed by atoms with E-state index in [2.05, 4.69) is 20.1 Å². The Balaban J connectivity index is 1.65. The van der Waals surface area contributed by atoms with Crippen LogP contribution < -0.4 is 5.56 Å². The Kier molecular flexibility index (Phi) is 4.18. The molecule has 0 aliphatic heterocycles. The summed E-state index contributed by atoms with van der Waals surface area (Å²) in [6.45, 7) is 2.30. The number of fused-ring (bicyclic) bond motifs is 3. The van der Waals surface area contributed by atoms with E-state index >= 15 is 0 Å². The first-order valence-electron chi connectivity index (χ1n) is 9.87. The molecule has 1 aliphatic rings. The molecule has 4 aromatic rings. The largest absolute Gasteiger partial charge is 0.336 e. The van der Waals surface area contributed by atoms with Crippen LogP contribution in [0.3, 0.4) is 0 Å². The molecule has 0 spiro atoms. The Bertz CT molecular complexity index is 1280. The van der Waals surface area contributed by atoms with Crippen LogP contribution in [0.5, 0.6) is 0 Å². The normalized spacial score (nSPS) is 15.1. The molecule has 3 heterocycles. The number of nitrogens with one attached hydrogen (secondary N) is 1. The minimum atomic E-state index is -0.910. The van der Waals surface area contributed by atoms with Crippen molar-refractivity contribution in [3.05, 3.63) is 57.4 Å². The number of rotatable bonds is 4. The number of aromatic amines is 1. The second kappa shape index (κ2) is 6.75. The molecule has 0 radical (unpaired) electrons. The van der Waals surface area contributed by atoms with Gasteiger partial charge in [-0.3, -0.25) is 9.36 Å². The molecule has 1 saturated carbocycles. The summed E-state index contributed by atoms with van der Waals surface area (Å²) in [4.78, 5) is 25.4. The Morgan fingerprint density at radius 3 is 2.69 bits per heavy atom. The lowest BCUT2D eigenvalue weighted by Crippen LogP contribution is -2.22. The zero-order chi connectivity index (χ0) is 20.1. The summed E-state index contributed by atoms with van der Waals surface area (Å²) in [5.41, 5.74) is 1.25. The highest BCUT2D eigenvalue weighted by Gasteiger charge is 2.24. The fourth-order valence-electron chi connectivity index (χ4n) is 4.16. The molecule has 0 unspecified atom stereocenters. The van der Waals surface area contributed by atoms with Crippen LogP contribution in [-0.2, 0) is 13.0 Å². The van der Waals surface area contributed by atoms with Crippen molar-refractivity contribution in [1.29, 1.82) is 0 Å². The van der Waals surface area contributed by atoms with Crippen LogP contribution in [0.2, 0.25) is 0 Å². The van der Waals surface area contributed by atoms with Crippen LogP contribution in [0.4, 0.5) is 8.78 Å². The Morgan fingerprint density at radius 1 is 1.17 bits per heavy atom. The van der Waals surface area contributed by atoms with Crippen molar-refractivity contribution >= 4 is 16.9 Å². The molecule has 1 aliphatic carbocycles. The van der Waals surface area contributed by atoms with Gasteiger partial charge in [0.05, 0.1) is 0 Å². The van der Waals surface area contributed by atoms with Crippen LogP contribution in [0.25, 0.3) is 16.9 Å². The Hall–Kier alpha value is -3.10. The van der Waals surface area contributed by atoms with E-state index in [1.54, 1.807) is 9.08 Å². The highest BCUT2D eigenvalue weighted by atomic mass is 19.2. The molecule has 150 valence electrons. The van der Waals surface area contributed by atoms with Gasteiger partial charge >= 0.3 is 0 Å². The third-order valence-electron chi connectivity index (χ3n) is 5.64. The summed E-state index contributed by atoms with van der Waals surface area (Å²) in [5.74, 6) is 0.156. The minimum Gasteiger partial charge on any atom is -0.336 e. The number of nitrogens with zero attached hydrogens (tertiary/aromatic N) is 5. The summed E-state index contributed by atoms with van der Waals surface area (Å²) in [6.07, 6.45) is 4.67. The van der Waals surface area contributed by atoms with Crippen LogP contribution in [0.15, 0.2) is 23.0 Å². The SMILES string of the molecule is CCn1c(=O)c2[nH]c(C3CCCC3)nc2n2nc(Cc3ccc(F)c(F)c3)nc12. The summed E-state index contributed by atoms with van der Waals surface area (Å²) >= 11 is 0. The van der Waals surface area contributed by atoms with Crippen molar-refractivity contribution in [2.24, 2.45) is 0 Å². The van der Waals surface area contributed by atoms with Gasteiger partial charge in [-0.25, -0.2) is 13.8 Å². The van der Waals surface area contributed by atoms with Gasteiger partial charge in [0.1, 0.15) is 5.82 Å². The van der Waals surface area contributed by atoms with E-state index in [9.17, 15) is 13.6 Å². The molecule has 0 saturated heterocycles. The number of H-pyrrole nitrogens is 1. The van der Waals surface area contributed by atoms with Gasteiger partial charge in [-0.2, -0.15) is 9.50 Å². The predicted molar refractivity (Wildman–Crippen MR) is 103 cm³/mol. The fourth-order valence-corrected chi connectivity index (χ4v) is 4.16. The van der Waals surface area contributed by atoms with Gasteiger partial charge in [-0.05, 0) is 37.5 Å². The van der Waals surface area contributed by atoms with Gasteiger partial charge in [0, 0.05) is 18.9 Å². The Labute approximate surface area is 164 Å². The van der Waals surface area contributed by atoms with E-state index < -0.39 is 11.6 Å². The molecule has 29 heavy (non-hydrogen) atoms. The fraction of sp³-hybridized carbons (Fsp3) is 0.400. The third-order valence-corrected chi connectivity index (χ3v) is 5.64. The maximum absolute atomic E-state index is 13.5. The minimum absolute atomic E-state index is 0.182. The average Bonchev–Trinajstić information content (AvgIpc) is 3.43. The van der Waals surface area contributed by atoms with Crippen molar-refractivity contribution in [3.63, 3.8) is 0 Å². The number of aromatic nitrogens is 6. The summed E-state index contributed by atoms with van der Waals surface area (Å²) in [6, 6.07) is 3.72. The third kappa shape index (κ3) is 2.92. The van der Waals surface area contributed by atoms with E-state index in [4.69, 9.17) is 0 Å². The lowest BCUT2D eigenvalue weighted by atomic mass is 10.1. The molecule has 0 atom stereocenters. The zero-order valence-electron chi connectivity index (χ0n) is 16.0. The van der Waals surface area contributed by atoms with Gasteiger partial charge in [0.25, 0.3) is 5.56 Å². The quantitative estimate of drug-likeness (QED) is 0.572. The van der Waals surface area contributed by atoms with E-state index in [-0.39, 0.29) is 12.0 Å². The van der Waals surface area contributed by atoms with Crippen LogP contribution in [0.1, 0.15) is 55.7 Å². The van der Waals surface area contributed by atoms with Gasteiger partial charge in [-0.15, -0.1) is 5.10 Å². The smallest absolute Gasteiger partial charge is 0.281 e. The van der Waals surface area contributed by atoms with Crippen LogP contribution in [0, 0.1) is 11.6 Å². The lowest BCUT2D eigenvalue weighted by molar-refractivity contribution is 0.507. The molecule has 9 heteroatoms. The monoisotopic (exact) mass is 398 g/mol. The maximum Gasteiger partial charge on any atom is 0.281 e. The van der Waals surface area contributed by atoms with Gasteiger partial charge in [-0.1, -0.05) is 18.9 Å². The first kappa shape index (κ1) is 18.0. The first-order chi connectivity index (χ1) is 14.0. The van der Waals surface area contributed by atoms with Crippen LogP contribution >= 0.6 is 0 Å². The van der Waals surface area contributed by atoms with E-state index in [1.807, 2.05) is 6.92 Å². The maximum atomic E-state index is 13.5. The van der Waals surface area contributed by atoms with Crippen molar-refractivity contribution in [3.8, 4) is 0 Å². The zero-order valence-corrected chi connectivity index (χ0v) is 16.0. The molecular formula is C20H20F2N6O. The van der Waals surface area contributed by atoms with E-state index in [0.29, 0.717) is 40.8 Å². The summed E-state index contributed by atoms with van der Waals surface area (Å²) < 4.78 is 29.8. The highest BCUT2D eigenvalue weighted by molar-refractivity contribution is 5.72. The summed E-state index contributed by atoms with van der Waals surface area (Å²) in [7, 11) is 0. The van der Waals surface area contributed by atoms with Crippen LogP contribution in [-0.4, -0.2) is 29.1 Å². The average molecular weight is 398 g/mol. The second-order valence-corrected chi connectivity index (χ2v) is 7.52. The molecule has 3 aromatic heterocycles. The Morgan fingerprint density at radius 2 is 1.97 bits per heavy atom. The van der Waals surface area contributed by atoms with Crippen molar-refractivity contribution in [2.45, 2.75) is 51.5 Å². The molecule has 0 bridgehead atoms. The molecular weight excluding hydrogens is 378 g/mol.